The average molecular weight is 305 g/mol. The zero-order chi connectivity index (χ0) is 16.3. The second-order valence-corrected chi connectivity index (χ2v) is 4.86. The molecule has 0 aliphatic heterocycles. The van der Waals surface area contributed by atoms with Crippen molar-refractivity contribution >= 4 is 11.9 Å². The van der Waals surface area contributed by atoms with Gasteiger partial charge in [-0.1, -0.05) is 13.8 Å². The van der Waals surface area contributed by atoms with Crippen LogP contribution in [0.25, 0.3) is 0 Å². The topological polar surface area (TPSA) is 77.8 Å². The molecule has 0 heterocycles. The minimum Gasteiger partial charge on any atom is -0.503 e. The molecule has 0 saturated heterocycles. The van der Waals surface area contributed by atoms with E-state index in [4.69, 9.17) is 10.2 Å². The first-order valence-corrected chi connectivity index (χ1v) is 6.02. The van der Waals surface area contributed by atoms with Crippen molar-refractivity contribution in [1.82, 2.24) is 4.90 Å². The van der Waals surface area contributed by atoms with Gasteiger partial charge >= 0.3 is 5.97 Å². The summed E-state index contributed by atoms with van der Waals surface area (Å²) in [7, 11) is 0. The molecule has 0 saturated carbocycles. The molecule has 0 aliphatic rings. The number of halogens is 3. The van der Waals surface area contributed by atoms with Crippen LogP contribution >= 0.6 is 0 Å². The molecule has 1 rings (SSSR count). The SMILES string of the molecule is CC(C)CN(CC(=O)O)C(=O)c1cc(F)c(F)c(O)c1F. The summed E-state index contributed by atoms with van der Waals surface area (Å²) in [6, 6.07) is 0.294. The van der Waals surface area contributed by atoms with Gasteiger partial charge in [-0.15, -0.1) is 0 Å². The normalized spacial score (nSPS) is 10.8. The molecule has 1 aromatic rings. The van der Waals surface area contributed by atoms with E-state index < -0.39 is 47.2 Å². The molecule has 2 N–H and O–H groups in total. The molecule has 1 amide bonds. The molecular weight excluding hydrogens is 291 g/mol. The summed E-state index contributed by atoms with van der Waals surface area (Å²) in [5.41, 5.74) is -0.923. The predicted molar refractivity (Wildman–Crippen MR) is 66.4 cm³/mol. The predicted octanol–water partition coefficient (Wildman–Crippen LogP) is 1.99. The average Bonchev–Trinajstić information content (AvgIpc) is 2.38. The molecular formula is C13H14F3NO4. The van der Waals surface area contributed by atoms with Gasteiger partial charge in [0.05, 0.1) is 5.56 Å². The maximum absolute atomic E-state index is 13.7. The summed E-state index contributed by atoms with van der Waals surface area (Å²) in [6.07, 6.45) is 0. The lowest BCUT2D eigenvalue weighted by Crippen LogP contribution is -2.38. The van der Waals surface area contributed by atoms with Gasteiger partial charge in [0.15, 0.2) is 17.4 Å². The number of carboxylic acids is 1. The van der Waals surface area contributed by atoms with Crippen LogP contribution in [0.4, 0.5) is 13.2 Å². The number of carboxylic acid groups (broad SMARTS) is 1. The maximum atomic E-state index is 13.7. The fraction of sp³-hybridized carbons (Fsp3) is 0.385. The highest BCUT2D eigenvalue weighted by molar-refractivity contribution is 5.96. The third-order valence-corrected chi connectivity index (χ3v) is 2.56. The molecule has 0 aliphatic carbocycles. The summed E-state index contributed by atoms with van der Waals surface area (Å²) in [5, 5.41) is 17.8. The van der Waals surface area contributed by atoms with E-state index in [1.54, 1.807) is 13.8 Å². The second-order valence-electron chi connectivity index (χ2n) is 4.86. The van der Waals surface area contributed by atoms with Crippen LogP contribution in [0.1, 0.15) is 24.2 Å². The monoisotopic (exact) mass is 305 g/mol. The van der Waals surface area contributed by atoms with E-state index in [-0.39, 0.29) is 12.5 Å². The number of phenols is 1. The van der Waals surface area contributed by atoms with E-state index in [2.05, 4.69) is 0 Å². The van der Waals surface area contributed by atoms with Crippen LogP contribution in [0.5, 0.6) is 5.75 Å². The lowest BCUT2D eigenvalue weighted by Gasteiger charge is -2.23. The summed E-state index contributed by atoms with van der Waals surface area (Å²) in [5.74, 6) is -9.25. The summed E-state index contributed by atoms with van der Waals surface area (Å²) in [6.45, 7) is 2.64. The van der Waals surface area contributed by atoms with Gasteiger partial charge in [0.1, 0.15) is 6.54 Å². The van der Waals surface area contributed by atoms with Crippen molar-refractivity contribution in [2.75, 3.05) is 13.1 Å². The largest absolute Gasteiger partial charge is 0.503 e. The van der Waals surface area contributed by atoms with Crippen LogP contribution in [0, 0.1) is 23.4 Å². The number of hydrogen-bond donors (Lipinski definition) is 2. The van der Waals surface area contributed by atoms with Crippen LogP contribution < -0.4 is 0 Å². The molecule has 0 unspecified atom stereocenters. The van der Waals surface area contributed by atoms with Crippen LogP contribution in [0.2, 0.25) is 0 Å². The van der Waals surface area contributed by atoms with Crippen molar-refractivity contribution in [2.45, 2.75) is 13.8 Å². The molecule has 5 nitrogen and oxygen atoms in total. The van der Waals surface area contributed by atoms with Gasteiger partial charge in [0.25, 0.3) is 5.91 Å². The van der Waals surface area contributed by atoms with Crippen molar-refractivity contribution in [3.63, 3.8) is 0 Å². The fourth-order valence-electron chi connectivity index (χ4n) is 1.74. The van der Waals surface area contributed by atoms with E-state index in [0.29, 0.717) is 6.07 Å². The van der Waals surface area contributed by atoms with Gasteiger partial charge in [0.2, 0.25) is 5.82 Å². The number of benzene rings is 1. The Kier molecular flexibility index (Phi) is 5.17. The Bertz CT molecular complexity index is 575. The Morgan fingerprint density at radius 1 is 1.24 bits per heavy atom. The Balaban J connectivity index is 3.23. The number of rotatable bonds is 5. The van der Waals surface area contributed by atoms with Crippen LogP contribution in [-0.4, -0.2) is 40.1 Å². The second kappa shape index (κ2) is 6.47. The quantitative estimate of drug-likeness (QED) is 0.816. The summed E-state index contributed by atoms with van der Waals surface area (Å²) in [4.78, 5) is 23.6. The molecule has 8 heteroatoms. The van der Waals surface area contributed by atoms with E-state index in [1.165, 1.54) is 0 Å². The fourth-order valence-corrected chi connectivity index (χ4v) is 1.74. The number of phenolic OH excluding ortho intramolecular Hbond substituents is 1. The number of aliphatic carboxylic acids is 1. The Hall–Kier alpha value is -2.25. The van der Waals surface area contributed by atoms with E-state index in [0.717, 1.165) is 4.90 Å². The molecule has 21 heavy (non-hydrogen) atoms. The minimum absolute atomic E-state index is 0.0235. The third-order valence-electron chi connectivity index (χ3n) is 2.56. The van der Waals surface area contributed by atoms with Crippen molar-refractivity contribution in [1.29, 1.82) is 0 Å². The lowest BCUT2D eigenvalue weighted by atomic mass is 10.1. The highest BCUT2D eigenvalue weighted by Crippen LogP contribution is 2.26. The van der Waals surface area contributed by atoms with Crippen LogP contribution in [0.3, 0.4) is 0 Å². The first kappa shape index (κ1) is 16.8. The molecule has 0 aromatic heterocycles. The molecule has 116 valence electrons. The third kappa shape index (κ3) is 3.87. The molecule has 0 fully saturated rings. The molecule has 1 aromatic carbocycles. The molecule has 0 radical (unpaired) electrons. The number of nitrogens with zero attached hydrogens (tertiary/aromatic N) is 1. The molecule has 0 atom stereocenters. The van der Waals surface area contributed by atoms with Gasteiger partial charge in [0, 0.05) is 6.54 Å². The zero-order valence-electron chi connectivity index (χ0n) is 11.4. The number of amides is 1. The van der Waals surface area contributed by atoms with E-state index in [9.17, 15) is 22.8 Å². The Labute approximate surface area is 118 Å². The van der Waals surface area contributed by atoms with Crippen LogP contribution in [0.15, 0.2) is 6.07 Å². The lowest BCUT2D eigenvalue weighted by molar-refractivity contribution is -0.137. The number of carbonyl (C=O) groups is 2. The number of aromatic hydroxyl groups is 1. The number of carbonyl (C=O) groups excluding carboxylic acids is 1. The van der Waals surface area contributed by atoms with Gasteiger partial charge in [-0.3, -0.25) is 9.59 Å². The van der Waals surface area contributed by atoms with Crippen molar-refractivity contribution in [3.8, 4) is 5.75 Å². The highest BCUT2D eigenvalue weighted by atomic mass is 19.2. The first-order chi connectivity index (χ1) is 9.65. The van der Waals surface area contributed by atoms with Gasteiger partial charge in [-0.05, 0) is 12.0 Å². The van der Waals surface area contributed by atoms with E-state index in [1.807, 2.05) is 0 Å². The minimum atomic E-state index is -1.81. The zero-order valence-corrected chi connectivity index (χ0v) is 11.4. The Morgan fingerprint density at radius 2 is 1.81 bits per heavy atom. The van der Waals surface area contributed by atoms with Gasteiger partial charge < -0.3 is 15.1 Å². The smallest absolute Gasteiger partial charge is 0.323 e. The number of hydrogen-bond acceptors (Lipinski definition) is 3. The Morgan fingerprint density at radius 3 is 2.29 bits per heavy atom. The van der Waals surface area contributed by atoms with Crippen molar-refractivity contribution in [3.05, 3.63) is 29.1 Å². The first-order valence-electron chi connectivity index (χ1n) is 6.02. The highest BCUT2D eigenvalue weighted by Gasteiger charge is 2.27. The van der Waals surface area contributed by atoms with Gasteiger partial charge in [-0.2, -0.15) is 4.39 Å². The maximum Gasteiger partial charge on any atom is 0.323 e. The van der Waals surface area contributed by atoms with E-state index >= 15 is 0 Å². The molecule has 0 bridgehead atoms. The standard InChI is InChI=1S/C13H14F3NO4/c1-6(2)4-17(5-9(18)19)13(21)7-3-8(14)11(16)12(20)10(7)15/h3,6,20H,4-5H2,1-2H3,(H,18,19). The van der Waals surface area contributed by atoms with Crippen LogP contribution in [-0.2, 0) is 4.79 Å². The summed E-state index contributed by atoms with van der Waals surface area (Å²) >= 11 is 0. The summed E-state index contributed by atoms with van der Waals surface area (Å²) < 4.78 is 39.8. The molecule has 0 spiro atoms. The van der Waals surface area contributed by atoms with Crippen molar-refractivity contribution < 1.29 is 33.0 Å². The van der Waals surface area contributed by atoms with Crippen molar-refractivity contribution in [2.24, 2.45) is 5.92 Å². The van der Waals surface area contributed by atoms with Gasteiger partial charge in [-0.25, -0.2) is 8.78 Å².